The van der Waals surface area contributed by atoms with E-state index < -0.39 is 0 Å². The highest BCUT2D eigenvalue weighted by Gasteiger charge is 2.02. The topological polar surface area (TPSA) is 33.0 Å². The van der Waals surface area contributed by atoms with E-state index in [-0.39, 0.29) is 0 Å². The SMILES string of the molecule is N#C/C(=C/c1ccc(OCc2ccccc2)cc1)c1ccc(Cl)cc1. The molecule has 0 bridgehead atoms. The highest BCUT2D eigenvalue weighted by molar-refractivity contribution is 6.30. The maximum absolute atomic E-state index is 9.40. The van der Waals surface area contributed by atoms with Gasteiger partial charge in [-0.3, -0.25) is 0 Å². The van der Waals surface area contributed by atoms with Crippen molar-refractivity contribution in [3.05, 3.63) is 101 Å². The minimum Gasteiger partial charge on any atom is -0.489 e. The van der Waals surface area contributed by atoms with Crippen molar-refractivity contribution in [3.63, 3.8) is 0 Å². The van der Waals surface area contributed by atoms with Crippen LogP contribution in [0.1, 0.15) is 16.7 Å². The maximum atomic E-state index is 9.40. The summed E-state index contributed by atoms with van der Waals surface area (Å²) in [7, 11) is 0. The lowest BCUT2D eigenvalue weighted by Gasteiger charge is -2.06. The van der Waals surface area contributed by atoms with E-state index in [4.69, 9.17) is 16.3 Å². The smallest absolute Gasteiger partial charge is 0.119 e. The summed E-state index contributed by atoms with van der Waals surface area (Å²) in [4.78, 5) is 0. The van der Waals surface area contributed by atoms with Crippen molar-refractivity contribution in [2.75, 3.05) is 0 Å². The first kappa shape index (κ1) is 16.8. The Hall–Kier alpha value is -3.02. The molecule has 0 saturated carbocycles. The van der Waals surface area contributed by atoms with Gasteiger partial charge in [-0.25, -0.2) is 0 Å². The number of nitriles is 1. The molecule has 0 fully saturated rings. The zero-order chi connectivity index (χ0) is 17.5. The zero-order valence-electron chi connectivity index (χ0n) is 13.5. The van der Waals surface area contributed by atoms with Crippen LogP contribution >= 0.6 is 11.6 Å². The number of rotatable bonds is 5. The molecule has 0 aliphatic heterocycles. The van der Waals surface area contributed by atoms with Gasteiger partial charge in [-0.15, -0.1) is 0 Å². The second kappa shape index (κ2) is 8.19. The van der Waals surface area contributed by atoms with Crippen LogP contribution in [0.2, 0.25) is 5.02 Å². The third-order valence-electron chi connectivity index (χ3n) is 3.72. The van der Waals surface area contributed by atoms with Gasteiger partial charge in [0.25, 0.3) is 0 Å². The van der Waals surface area contributed by atoms with Crippen molar-refractivity contribution >= 4 is 23.3 Å². The summed E-state index contributed by atoms with van der Waals surface area (Å²) in [6.07, 6.45) is 1.85. The molecule has 0 amide bonds. The number of halogens is 1. The van der Waals surface area contributed by atoms with E-state index in [1.807, 2.05) is 72.8 Å². The highest BCUT2D eigenvalue weighted by Crippen LogP contribution is 2.21. The Balaban J connectivity index is 1.71. The zero-order valence-corrected chi connectivity index (χ0v) is 14.3. The van der Waals surface area contributed by atoms with Crippen molar-refractivity contribution in [2.24, 2.45) is 0 Å². The summed E-state index contributed by atoms with van der Waals surface area (Å²) in [5.74, 6) is 0.797. The van der Waals surface area contributed by atoms with Crippen LogP contribution in [0.3, 0.4) is 0 Å². The van der Waals surface area contributed by atoms with Gasteiger partial charge in [0.2, 0.25) is 0 Å². The Bertz CT molecular complexity index is 892. The molecule has 3 rings (SSSR count). The molecule has 0 spiro atoms. The molecule has 3 aromatic carbocycles. The van der Waals surface area contributed by atoms with E-state index in [0.29, 0.717) is 17.2 Å². The van der Waals surface area contributed by atoms with E-state index in [9.17, 15) is 5.26 Å². The van der Waals surface area contributed by atoms with E-state index >= 15 is 0 Å². The predicted octanol–water partition coefficient (Wildman–Crippen LogP) is 5.98. The molecular weight excluding hydrogens is 330 g/mol. The van der Waals surface area contributed by atoms with Gasteiger partial charge in [0.15, 0.2) is 0 Å². The molecule has 3 heteroatoms. The second-order valence-electron chi connectivity index (χ2n) is 5.52. The number of nitrogens with zero attached hydrogens (tertiary/aromatic N) is 1. The standard InChI is InChI=1S/C22H16ClNO/c23-21-10-8-19(9-11-21)20(15-24)14-17-6-12-22(13-7-17)25-16-18-4-2-1-3-5-18/h1-14H,16H2/b20-14-. The molecule has 25 heavy (non-hydrogen) atoms. The third-order valence-corrected chi connectivity index (χ3v) is 3.97. The van der Waals surface area contributed by atoms with Crippen LogP contribution in [0.4, 0.5) is 0 Å². The minimum absolute atomic E-state index is 0.532. The molecule has 0 heterocycles. The Morgan fingerprint density at radius 2 is 1.60 bits per heavy atom. The van der Waals surface area contributed by atoms with Gasteiger partial charge < -0.3 is 4.74 Å². The maximum Gasteiger partial charge on any atom is 0.119 e. The molecule has 0 aliphatic rings. The van der Waals surface area contributed by atoms with Crippen LogP contribution < -0.4 is 4.74 Å². The van der Waals surface area contributed by atoms with Crippen molar-refractivity contribution in [3.8, 4) is 11.8 Å². The fourth-order valence-corrected chi connectivity index (χ4v) is 2.50. The third kappa shape index (κ3) is 4.73. The lowest BCUT2D eigenvalue weighted by Crippen LogP contribution is -1.94. The fraction of sp³-hybridized carbons (Fsp3) is 0.0455. The Kier molecular flexibility index (Phi) is 5.51. The molecular formula is C22H16ClNO. The summed E-state index contributed by atoms with van der Waals surface area (Å²) < 4.78 is 5.78. The van der Waals surface area contributed by atoms with Gasteiger partial charge in [0, 0.05) is 5.02 Å². The first-order valence-electron chi connectivity index (χ1n) is 7.89. The number of hydrogen-bond donors (Lipinski definition) is 0. The van der Waals surface area contributed by atoms with E-state index in [2.05, 4.69) is 6.07 Å². The van der Waals surface area contributed by atoms with Gasteiger partial charge in [0.05, 0.1) is 11.6 Å². The summed E-state index contributed by atoms with van der Waals surface area (Å²) in [5, 5.41) is 10.1. The van der Waals surface area contributed by atoms with E-state index in [1.165, 1.54) is 0 Å². The van der Waals surface area contributed by atoms with Crippen LogP contribution in [0.5, 0.6) is 5.75 Å². The van der Waals surface area contributed by atoms with Crippen LogP contribution in [0.15, 0.2) is 78.9 Å². The summed E-state index contributed by atoms with van der Waals surface area (Å²) in [5.41, 5.74) is 3.51. The predicted molar refractivity (Wildman–Crippen MR) is 102 cm³/mol. The summed E-state index contributed by atoms with van der Waals surface area (Å²) in [6, 6.07) is 27.2. The van der Waals surface area contributed by atoms with Crippen LogP contribution in [0, 0.1) is 11.3 Å². The van der Waals surface area contributed by atoms with Crippen molar-refractivity contribution in [2.45, 2.75) is 6.61 Å². The Labute approximate surface area is 152 Å². The van der Waals surface area contributed by atoms with E-state index in [0.717, 1.165) is 22.4 Å². The van der Waals surface area contributed by atoms with E-state index in [1.54, 1.807) is 12.1 Å². The monoisotopic (exact) mass is 345 g/mol. The molecule has 0 aromatic heterocycles. The van der Waals surface area contributed by atoms with Gasteiger partial charge in [-0.05, 0) is 47.0 Å². The lowest BCUT2D eigenvalue weighted by molar-refractivity contribution is 0.306. The summed E-state index contributed by atoms with van der Waals surface area (Å²) in [6.45, 7) is 0.532. The molecule has 0 N–H and O–H groups in total. The van der Waals surface area contributed by atoms with Crippen molar-refractivity contribution in [1.82, 2.24) is 0 Å². The average Bonchev–Trinajstić information content (AvgIpc) is 2.67. The van der Waals surface area contributed by atoms with Crippen LogP contribution in [0.25, 0.3) is 11.6 Å². The number of ether oxygens (including phenoxy) is 1. The molecule has 122 valence electrons. The number of benzene rings is 3. The second-order valence-corrected chi connectivity index (χ2v) is 5.96. The van der Waals surface area contributed by atoms with Crippen molar-refractivity contribution in [1.29, 1.82) is 5.26 Å². The molecule has 0 saturated heterocycles. The quantitative estimate of drug-likeness (QED) is 0.420. The first-order valence-corrected chi connectivity index (χ1v) is 8.27. The molecule has 0 unspecified atom stereocenters. The van der Waals surface area contributed by atoms with Crippen molar-refractivity contribution < 1.29 is 4.74 Å². The van der Waals surface area contributed by atoms with Gasteiger partial charge in [-0.2, -0.15) is 5.26 Å². The largest absolute Gasteiger partial charge is 0.489 e. The van der Waals surface area contributed by atoms with Gasteiger partial charge in [-0.1, -0.05) is 66.2 Å². The van der Waals surface area contributed by atoms with Crippen LogP contribution in [-0.2, 0) is 6.61 Å². The normalized spacial score (nSPS) is 11.0. The minimum atomic E-state index is 0.532. The molecule has 0 atom stereocenters. The fourth-order valence-electron chi connectivity index (χ4n) is 2.38. The van der Waals surface area contributed by atoms with Gasteiger partial charge in [0.1, 0.15) is 12.4 Å². The first-order chi connectivity index (χ1) is 12.2. The lowest BCUT2D eigenvalue weighted by atomic mass is 10.0. The Morgan fingerprint density at radius 3 is 2.24 bits per heavy atom. The molecule has 3 aromatic rings. The van der Waals surface area contributed by atoms with Gasteiger partial charge >= 0.3 is 0 Å². The Morgan fingerprint density at radius 1 is 0.920 bits per heavy atom. The average molecular weight is 346 g/mol. The number of allylic oxidation sites excluding steroid dienone is 1. The molecule has 0 aliphatic carbocycles. The highest BCUT2D eigenvalue weighted by atomic mass is 35.5. The van der Waals surface area contributed by atoms with Crippen LogP contribution in [-0.4, -0.2) is 0 Å². The number of hydrogen-bond acceptors (Lipinski definition) is 2. The molecule has 0 radical (unpaired) electrons. The summed E-state index contributed by atoms with van der Waals surface area (Å²) >= 11 is 5.89. The molecule has 2 nitrogen and oxygen atoms in total.